The lowest BCUT2D eigenvalue weighted by molar-refractivity contribution is -0.118. The van der Waals surface area contributed by atoms with Crippen molar-refractivity contribution in [3.8, 4) is 11.5 Å². The van der Waals surface area contributed by atoms with Gasteiger partial charge in [-0.1, -0.05) is 31.5 Å². The highest BCUT2D eigenvalue weighted by Gasteiger charge is 2.25. The zero-order valence-electron chi connectivity index (χ0n) is 16.3. The molecular weight excluding hydrogens is 344 g/mol. The zero-order valence-corrected chi connectivity index (χ0v) is 16.3. The number of hydrogen-bond acceptors (Lipinski definition) is 4. The van der Waals surface area contributed by atoms with Crippen molar-refractivity contribution in [2.24, 2.45) is 5.92 Å². The average molecular weight is 370 g/mol. The lowest BCUT2D eigenvalue weighted by Crippen LogP contribution is -2.47. The van der Waals surface area contributed by atoms with Gasteiger partial charge in [0.1, 0.15) is 6.04 Å². The van der Waals surface area contributed by atoms with Gasteiger partial charge in [0, 0.05) is 17.3 Å². The highest BCUT2D eigenvalue weighted by Crippen LogP contribution is 2.29. The van der Waals surface area contributed by atoms with Gasteiger partial charge in [-0.25, -0.2) is 0 Å². The topological polar surface area (TPSA) is 76.7 Å². The Bertz CT molecular complexity index is 800. The summed E-state index contributed by atoms with van der Waals surface area (Å²) in [4.78, 5) is 25.2. The molecule has 2 N–H and O–H groups in total. The van der Waals surface area contributed by atoms with Crippen molar-refractivity contribution in [2.45, 2.75) is 26.8 Å². The number of nitrogens with one attached hydrogen (secondary N) is 2. The average Bonchev–Trinajstić information content (AvgIpc) is 2.65. The van der Waals surface area contributed by atoms with E-state index in [0.717, 1.165) is 5.56 Å². The molecule has 2 amide bonds. The van der Waals surface area contributed by atoms with Gasteiger partial charge >= 0.3 is 0 Å². The summed E-state index contributed by atoms with van der Waals surface area (Å²) in [5.41, 5.74) is 2.15. The molecule has 0 saturated heterocycles. The molecule has 6 nitrogen and oxygen atoms in total. The molecule has 6 heteroatoms. The summed E-state index contributed by atoms with van der Waals surface area (Å²) >= 11 is 0. The van der Waals surface area contributed by atoms with Crippen LogP contribution < -0.4 is 20.1 Å². The molecule has 2 rings (SSSR count). The summed E-state index contributed by atoms with van der Waals surface area (Å²) < 4.78 is 10.4. The quantitative estimate of drug-likeness (QED) is 0.783. The minimum absolute atomic E-state index is 0.0838. The molecule has 0 bridgehead atoms. The van der Waals surface area contributed by atoms with Crippen LogP contribution in [0.2, 0.25) is 0 Å². The Kier molecular flexibility index (Phi) is 6.82. The molecule has 0 aliphatic carbocycles. The minimum atomic E-state index is -0.674. The second kappa shape index (κ2) is 9.07. The van der Waals surface area contributed by atoms with Gasteiger partial charge < -0.3 is 20.1 Å². The molecule has 0 aromatic heterocycles. The van der Waals surface area contributed by atoms with Crippen LogP contribution in [0.3, 0.4) is 0 Å². The summed E-state index contributed by atoms with van der Waals surface area (Å²) in [6.07, 6.45) is 0. The molecule has 1 atom stereocenters. The number of anilines is 1. The third-order valence-electron chi connectivity index (χ3n) is 4.20. The molecule has 0 saturated carbocycles. The maximum atomic E-state index is 12.7. The van der Waals surface area contributed by atoms with Crippen LogP contribution in [0.25, 0.3) is 0 Å². The number of ether oxygens (including phenoxy) is 2. The number of carbonyl (C=O) groups excluding carboxylic acids is 2. The highest BCUT2D eigenvalue weighted by molar-refractivity contribution is 6.01. The first-order chi connectivity index (χ1) is 12.8. The van der Waals surface area contributed by atoms with Crippen molar-refractivity contribution in [3.63, 3.8) is 0 Å². The van der Waals surface area contributed by atoms with Gasteiger partial charge in [-0.2, -0.15) is 0 Å². The largest absolute Gasteiger partial charge is 0.493 e. The van der Waals surface area contributed by atoms with Crippen molar-refractivity contribution in [1.29, 1.82) is 0 Å². The number of aryl methyl sites for hydroxylation is 1. The van der Waals surface area contributed by atoms with Gasteiger partial charge in [-0.3, -0.25) is 9.59 Å². The van der Waals surface area contributed by atoms with Crippen LogP contribution in [0.4, 0.5) is 5.69 Å². The maximum Gasteiger partial charge on any atom is 0.251 e. The number of hydrogen-bond donors (Lipinski definition) is 2. The fourth-order valence-corrected chi connectivity index (χ4v) is 2.60. The first kappa shape index (κ1) is 20.3. The Morgan fingerprint density at radius 2 is 1.56 bits per heavy atom. The van der Waals surface area contributed by atoms with E-state index in [1.54, 1.807) is 37.4 Å². The van der Waals surface area contributed by atoms with Gasteiger partial charge in [0.05, 0.1) is 14.2 Å². The Morgan fingerprint density at radius 3 is 2.11 bits per heavy atom. The van der Waals surface area contributed by atoms with Gasteiger partial charge in [-0.15, -0.1) is 0 Å². The van der Waals surface area contributed by atoms with E-state index < -0.39 is 6.04 Å². The van der Waals surface area contributed by atoms with Crippen LogP contribution in [0.1, 0.15) is 29.8 Å². The van der Waals surface area contributed by atoms with Crippen LogP contribution in [-0.2, 0) is 4.79 Å². The lowest BCUT2D eigenvalue weighted by atomic mass is 10.0. The summed E-state index contributed by atoms with van der Waals surface area (Å²) in [7, 11) is 3.08. The predicted molar refractivity (Wildman–Crippen MR) is 105 cm³/mol. The van der Waals surface area contributed by atoms with Gasteiger partial charge in [0.15, 0.2) is 11.5 Å². The zero-order chi connectivity index (χ0) is 20.0. The molecule has 2 aromatic rings. The minimum Gasteiger partial charge on any atom is -0.493 e. The molecule has 0 fully saturated rings. The number of rotatable bonds is 7. The van der Waals surface area contributed by atoms with Crippen LogP contribution in [0.15, 0.2) is 42.5 Å². The summed E-state index contributed by atoms with van der Waals surface area (Å²) in [6, 6.07) is 11.7. The normalized spacial score (nSPS) is 11.6. The van der Waals surface area contributed by atoms with Crippen molar-refractivity contribution >= 4 is 17.5 Å². The van der Waals surface area contributed by atoms with Crippen molar-refractivity contribution in [2.75, 3.05) is 19.5 Å². The van der Waals surface area contributed by atoms with E-state index in [4.69, 9.17) is 9.47 Å². The van der Waals surface area contributed by atoms with Crippen molar-refractivity contribution < 1.29 is 19.1 Å². The van der Waals surface area contributed by atoms with Gasteiger partial charge in [0.2, 0.25) is 5.91 Å². The first-order valence-corrected chi connectivity index (χ1v) is 8.76. The number of methoxy groups -OCH3 is 2. The van der Waals surface area contributed by atoms with Crippen molar-refractivity contribution in [3.05, 3.63) is 53.6 Å². The van der Waals surface area contributed by atoms with Gasteiger partial charge in [0.25, 0.3) is 5.91 Å². The highest BCUT2D eigenvalue weighted by atomic mass is 16.5. The second-order valence-corrected chi connectivity index (χ2v) is 6.62. The van der Waals surface area contributed by atoms with E-state index in [2.05, 4.69) is 10.6 Å². The Balaban J connectivity index is 2.13. The van der Waals surface area contributed by atoms with E-state index in [1.807, 2.05) is 32.9 Å². The van der Waals surface area contributed by atoms with E-state index >= 15 is 0 Å². The number of carbonyl (C=O) groups is 2. The van der Waals surface area contributed by atoms with E-state index in [-0.39, 0.29) is 17.7 Å². The standard InChI is InChI=1S/C21H26N2O4/c1-13(2)19(23-20(24)15-8-6-14(3)7-9-15)21(25)22-16-10-11-17(26-4)18(12-16)27-5/h6-13,19H,1-5H3,(H,22,25)(H,23,24)/t19-/m0/s1. The fraction of sp³-hybridized carbons (Fsp3) is 0.333. The monoisotopic (exact) mass is 370 g/mol. The number of amides is 2. The lowest BCUT2D eigenvalue weighted by Gasteiger charge is -2.22. The van der Waals surface area contributed by atoms with E-state index in [0.29, 0.717) is 22.7 Å². The van der Waals surface area contributed by atoms with Crippen LogP contribution in [0.5, 0.6) is 11.5 Å². The third kappa shape index (κ3) is 5.23. The SMILES string of the molecule is COc1ccc(NC(=O)[C@@H](NC(=O)c2ccc(C)cc2)C(C)C)cc1OC. The molecule has 0 unspecified atom stereocenters. The molecule has 0 heterocycles. The molecule has 0 spiro atoms. The van der Waals surface area contributed by atoms with E-state index in [1.165, 1.54) is 7.11 Å². The smallest absolute Gasteiger partial charge is 0.251 e. The summed E-state index contributed by atoms with van der Waals surface area (Å²) in [5.74, 6) is 0.428. The molecule has 0 aliphatic heterocycles. The molecule has 144 valence electrons. The molecular formula is C21H26N2O4. The third-order valence-corrected chi connectivity index (χ3v) is 4.20. The van der Waals surface area contributed by atoms with Crippen LogP contribution in [0, 0.1) is 12.8 Å². The summed E-state index contributed by atoms with van der Waals surface area (Å²) in [5, 5.41) is 5.64. The Labute approximate surface area is 159 Å². The maximum absolute atomic E-state index is 12.7. The van der Waals surface area contributed by atoms with Crippen LogP contribution >= 0.6 is 0 Å². The fourth-order valence-electron chi connectivity index (χ4n) is 2.60. The van der Waals surface area contributed by atoms with E-state index in [9.17, 15) is 9.59 Å². The first-order valence-electron chi connectivity index (χ1n) is 8.76. The van der Waals surface area contributed by atoms with Gasteiger partial charge in [-0.05, 0) is 37.1 Å². The second-order valence-electron chi connectivity index (χ2n) is 6.62. The number of benzene rings is 2. The Morgan fingerprint density at radius 1 is 0.926 bits per heavy atom. The molecule has 27 heavy (non-hydrogen) atoms. The molecule has 0 radical (unpaired) electrons. The van der Waals surface area contributed by atoms with Crippen LogP contribution in [-0.4, -0.2) is 32.1 Å². The predicted octanol–water partition coefficient (Wildman–Crippen LogP) is 3.41. The summed E-state index contributed by atoms with van der Waals surface area (Å²) in [6.45, 7) is 5.72. The Hall–Kier alpha value is -3.02. The molecule has 2 aromatic carbocycles. The molecule has 0 aliphatic rings. The van der Waals surface area contributed by atoms with Crippen molar-refractivity contribution in [1.82, 2.24) is 5.32 Å².